The molecule has 2 nitrogen and oxygen atoms in total. The van der Waals surface area contributed by atoms with Crippen molar-refractivity contribution in [2.75, 3.05) is 6.54 Å². The van der Waals surface area contributed by atoms with Crippen molar-refractivity contribution in [1.29, 1.82) is 0 Å². The van der Waals surface area contributed by atoms with Gasteiger partial charge in [-0.3, -0.25) is 0 Å². The molecule has 1 aliphatic rings. The van der Waals surface area contributed by atoms with Gasteiger partial charge in [0.2, 0.25) is 0 Å². The summed E-state index contributed by atoms with van der Waals surface area (Å²) in [5.74, 6) is 0.640. The molecule has 3 atom stereocenters. The normalized spacial score (nSPS) is 25.5. The molecule has 0 bridgehead atoms. The lowest BCUT2D eigenvalue weighted by Gasteiger charge is -2.33. The minimum absolute atomic E-state index is 0.000937. The summed E-state index contributed by atoms with van der Waals surface area (Å²) in [4.78, 5) is 0. The number of nitrogens with one attached hydrogen (secondary N) is 1. The maximum absolute atomic E-state index is 12.5. The van der Waals surface area contributed by atoms with Crippen molar-refractivity contribution < 1.29 is 13.9 Å². The molecule has 2 rings (SSSR count). The van der Waals surface area contributed by atoms with Crippen LogP contribution in [0.2, 0.25) is 0 Å². The first-order valence-corrected chi connectivity index (χ1v) is 6.91. The number of halogens is 2. The summed E-state index contributed by atoms with van der Waals surface area (Å²) in [7, 11) is 0. The number of hydrogen-bond donors (Lipinski definition) is 2. The van der Waals surface area contributed by atoms with Crippen LogP contribution >= 0.6 is 0 Å². The van der Waals surface area contributed by atoms with Crippen LogP contribution in [0.15, 0.2) is 24.3 Å². The van der Waals surface area contributed by atoms with Crippen molar-refractivity contribution in [3.8, 4) is 0 Å². The molecule has 1 aromatic rings. The van der Waals surface area contributed by atoms with Crippen LogP contribution in [0.25, 0.3) is 0 Å². The van der Waals surface area contributed by atoms with Crippen LogP contribution in [0, 0.1) is 5.92 Å². The summed E-state index contributed by atoms with van der Waals surface area (Å²) >= 11 is 0. The summed E-state index contributed by atoms with van der Waals surface area (Å²) in [5, 5.41) is 13.7. The minimum atomic E-state index is -2.46. The summed E-state index contributed by atoms with van der Waals surface area (Å²) in [6, 6.07) is 6.01. The lowest BCUT2D eigenvalue weighted by atomic mass is 9.86. The van der Waals surface area contributed by atoms with Gasteiger partial charge in [0, 0.05) is 11.6 Å². The molecule has 4 heteroatoms. The van der Waals surface area contributed by atoms with Crippen molar-refractivity contribution in [1.82, 2.24) is 5.32 Å². The van der Waals surface area contributed by atoms with Gasteiger partial charge in [-0.1, -0.05) is 37.6 Å². The van der Waals surface area contributed by atoms with E-state index in [1.807, 2.05) is 0 Å². The second-order valence-electron chi connectivity index (χ2n) is 5.27. The van der Waals surface area contributed by atoms with Gasteiger partial charge in [0.05, 0.1) is 6.10 Å². The van der Waals surface area contributed by atoms with Crippen LogP contribution < -0.4 is 5.32 Å². The average molecular weight is 269 g/mol. The lowest BCUT2D eigenvalue weighted by Crippen LogP contribution is -2.42. The minimum Gasteiger partial charge on any atom is -0.387 e. The Morgan fingerprint density at radius 2 is 1.89 bits per heavy atom. The number of piperidine rings is 1. The topological polar surface area (TPSA) is 32.3 Å². The molecule has 1 fully saturated rings. The Hall–Kier alpha value is -1.00. The molecular weight excluding hydrogens is 248 g/mol. The van der Waals surface area contributed by atoms with E-state index in [-0.39, 0.29) is 11.6 Å². The smallest absolute Gasteiger partial charge is 0.263 e. The fraction of sp³-hybridized carbons (Fsp3) is 0.600. The van der Waals surface area contributed by atoms with Gasteiger partial charge in [0.1, 0.15) is 0 Å². The third kappa shape index (κ3) is 3.51. The second-order valence-corrected chi connectivity index (χ2v) is 5.27. The summed E-state index contributed by atoms with van der Waals surface area (Å²) in [5.41, 5.74) is 0.706. The van der Waals surface area contributed by atoms with E-state index >= 15 is 0 Å². The number of benzene rings is 1. The number of aliphatic hydroxyl groups excluding tert-OH is 1. The molecule has 0 aliphatic carbocycles. The molecule has 1 aromatic carbocycles. The van der Waals surface area contributed by atoms with Crippen molar-refractivity contribution in [2.24, 2.45) is 5.92 Å². The van der Waals surface area contributed by atoms with E-state index < -0.39 is 12.5 Å². The first-order chi connectivity index (χ1) is 9.11. The van der Waals surface area contributed by atoms with E-state index in [0.29, 0.717) is 11.5 Å². The van der Waals surface area contributed by atoms with Crippen LogP contribution in [-0.2, 0) is 0 Å². The van der Waals surface area contributed by atoms with Crippen LogP contribution in [0.4, 0.5) is 8.78 Å². The van der Waals surface area contributed by atoms with E-state index in [4.69, 9.17) is 0 Å². The van der Waals surface area contributed by atoms with Gasteiger partial charge in [-0.05, 0) is 30.9 Å². The third-order valence-electron chi connectivity index (χ3n) is 4.03. The van der Waals surface area contributed by atoms with E-state index in [2.05, 4.69) is 12.2 Å². The van der Waals surface area contributed by atoms with Gasteiger partial charge in [-0.2, -0.15) is 0 Å². The quantitative estimate of drug-likeness (QED) is 0.877. The molecule has 106 valence electrons. The molecule has 0 aromatic heterocycles. The monoisotopic (exact) mass is 269 g/mol. The zero-order valence-electron chi connectivity index (χ0n) is 11.2. The van der Waals surface area contributed by atoms with Gasteiger partial charge in [-0.25, -0.2) is 8.78 Å². The molecule has 0 radical (unpaired) electrons. The predicted molar refractivity (Wildman–Crippen MR) is 71.2 cm³/mol. The molecular formula is C15H21F2NO. The fourth-order valence-electron chi connectivity index (χ4n) is 2.72. The van der Waals surface area contributed by atoms with E-state index in [1.54, 1.807) is 12.1 Å². The molecule has 0 saturated carbocycles. The first kappa shape index (κ1) is 14.4. The Kier molecular flexibility index (Phi) is 4.88. The van der Waals surface area contributed by atoms with Gasteiger partial charge in [0.15, 0.2) is 0 Å². The summed E-state index contributed by atoms with van der Waals surface area (Å²) in [6.07, 6.45) is 0.123. The molecule has 1 saturated heterocycles. The Balaban J connectivity index is 2.04. The van der Waals surface area contributed by atoms with Crippen molar-refractivity contribution >= 4 is 0 Å². The molecule has 1 aliphatic heterocycles. The largest absolute Gasteiger partial charge is 0.387 e. The SMILES string of the molecule is CCC1CCNC(C(O)c2ccc(C(F)F)cc2)C1. The number of hydrogen-bond acceptors (Lipinski definition) is 2. The van der Waals surface area contributed by atoms with Crippen LogP contribution in [0.1, 0.15) is 49.8 Å². The number of aliphatic hydroxyl groups is 1. The van der Waals surface area contributed by atoms with E-state index in [9.17, 15) is 13.9 Å². The summed E-state index contributed by atoms with van der Waals surface area (Å²) < 4.78 is 25.0. The highest BCUT2D eigenvalue weighted by atomic mass is 19.3. The van der Waals surface area contributed by atoms with Gasteiger partial charge >= 0.3 is 0 Å². The number of rotatable bonds is 4. The van der Waals surface area contributed by atoms with E-state index in [0.717, 1.165) is 25.8 Å². The maximum atomic E-state index is 12.5. The van der Waals surface area contributed by atoms with Gasteiger partial charge in [0.25, 0.3) is 6.43 Å². The molecule has 3 unspecified atom stereocenters. The van der Waals surface area contributed by atoms with E-state index in [1.165, 1.54) is 12.1 Å². The highest BCUT2D eigenvalue weighted by molar-refractivity contribution is 5.25. The molecule has 1 heterocycles. The first-order valence-electron chi connectivity index (χ1n) is 6.91. The molecule has 19 heavy (non-hydrogen) atoms. The van der Waals surface area contributed by atoms with Crippen LogP contribution in [0.5, 0.6) is 0 Å². The molecule has 2 N–H and O–H groups in total. The van der Waals surface area contributed by atoms with Crippen LogP contribution in [0.3, 0.4) is 0 Å². The third-order valence-corrected chi connectivity index (χ3v) is 4.03. The Morgan fingerprint density at radius 3 is 2.47 bits per heavy atom. The zero-order chi connectivity index (χ0) is 13.8. The van der Waals surface area contributed by atoms with Crippen molar-refractivity contribution in [3.63, 3.8) is 0 Å². The Labute approximate surface area is 112 Å². The van der Waals surface area contributed by atoms with Gasteiger partial charge < -0.3 is 10.4 Å². The standard InChI is InChI=1S/C15H21F2NO/c1-2-10-7-8-18-13(9-10)14(19)11-3-5-12(6-4-11)15(16)17/h3-6,10,13-15,18-19H,2,7-9H2,1H3. The predicted octanol–water partition coefficient (Wildman–Crippen LogP) is 3.44. The van der Waals surface area contributed by atoms with Crippen LogP contribution in [-0.4, -0.2) is 17.7 Å². The molecule has 0 spiro atoms. The highest BCUT2D eigenvalue weighted by Crippen LogP contribution is 2.28. The second kappa shape index (κ2) is 6.44. The Bertz CT molecular complexity index is 394. The average Bonchev–Trinajstić information content (AvgIpc) is 2.46. The van der Waals surface area contributed by atoms with Gasteiger partial charge in [-0.15, -0.1) is 0 Å². The molecule has 0 amide bonds. The van der Waals surface area contributed by atoms with Crippen molar-refractivity contribution in [2.45, 2.75) is 44.8 Å². The maximum Gasteiger partial charge on any atom is 0.263 e. The zero-order valence-corrected chi connectivity index (χ0v) is 11.2. The lowest BCUT2D eigenvalue weighted by molar-refractivity contribution is 0.0977. The summed E-state index contributed by atoms with van der Waals surface area (Å²) in [6.45, 7) is 3.08. The number of alkyl halides is 2. The highest BCUT2D eigenvalue weighted by Gasteiger charge is 2.27. The fourth-order valence-corrected chi connectivity index (χ4v) is 2.72. The van der Waals surface area contributed by atoms with Crippen molar-refractivity contribution in [3.05, 3.63) is 35.4 Å². The Morgan fingerprint density at radius 1 is 1.26 bits per heavy atom.